The molecule has 0 atom stereocenters. The maximum atomic E-state index is 11.3. The van der Waals surface area contributed by atoms with Crippen LogP contribution in [0.3, 0.4) is 0 Å². The first-order chi connectivity index (χ1) is 9.60. The van der Waals surface area contributed by atoms with Crippen LogP contribution in [-0.2, 0) is 4.79 Å². The van der Waals surface area contributed by atoms with E-state index in [0.29, 0.717) is 6.42 Å². The summed E-state index contributed by atoms with van der Waals surface area (Å²) in [5, 5.41) is 11.6. The molecule has 2 aromatic rings. The van der Waals surface area contributed by atoms with E-state index < -0.39 is 5.97 Å². The molecule has 0 aliphatic carbocycles. The Labute approximate surface area is 117 Å². The number of aromatic carboxylic acids is 1. The number of nitrogens with one attached hydrogen (secondary N) is 1. The van der Waals surface area contributed by atoms with Gasteiger partial charge in [-0.2, -0.15) is 0 Å². The van der Waals surface area contributed by atoms with Crippen molar-refractivity contribution in [3.63, 3.8) is 0 Å². The fourth-order valence-electron chi connectivity index (χ4n) is 1.80. The number of carbonyl (C=O) groups excluding carboxylic acids is 1. The Morgan fingerprint density at radius 1 is 0.950 bits per heavy atom. The second kappa shape index (κ2) is 6.02. The molecule has 0 fully saturated rings. The van der Waals surface area contributed by atoms with Crippen molar-refractivity contribution in [3.8, 4) is 11.1 Å². The summed E-state index contributed by atoms with van der Waals surface area (Å²) >= 11 is 0. The fraction of sp³-hybridized carbons (Fsp3) is 0.125. The maximum absolute atomic E-state index is 11.3. The van der Waals surface area contributed by atoms with Gasteiger partial charge in [-0.1, -0.05) is 31.2 Å². The molecular formula is C16H15NO3. The Bertz CT molecular complexity index is 615. The number of rotatable bonds is 4. The van der Waals surface area contributed by atoms with E-state index in [1.807, 2.05) is 24.3 Å². The molecule has 2 aromatic carbocycles. The third-order valence-corrected chi connectivity index (χ3v) is 2.95. The van der Waals surface area contributed by atoms with E-state index in [0.717, 1.165) is 16.8 Å². The van der Waals surface area contributed by atoms with Crippen LogP contribution in [0.4, 0.5) is 5.69 Å². The number of carboxylic acids is 1. The number of carbonyl (C=O) groups is 2. The molecule has 0 aliphatic rings. The van der Waals surface area contributed by atoms with Gasteiger partial charge in [0.2, 0.25) is 5.91 Å². The smallest absolute Gasteiger partial charge is 0.335 e. The van der Waals surface area contributed by atoms with Gasteiger partial charge in [-0.05, 0) is 35.4 Å². The number of benzene rings is 2. The number of hydrogen-bond donors (Lipinski definition) is 2. The first-order valence-electron chi connectivity index (χ1n) is 6.34. The van der Waals surface area contributed by atoms with Crippen molar-refractivity contribution >= 4 is 17.6 Å². The molecule has 1 amide bonds. The van der Waals surface area contributed by atoms with Crippen molar-refractivity contribution in [3.05, 3.63) is 54.1 Å². The van der Waals surface area contributed by atoms with Crippen LogP contribution in [-0.4, -0.2) is 17.0 Å². The molecule has 2 rings (SSSR count). The van der Waals surface area contributed by atoms with E-state index in [4.69, 9.17) is 5.11 Å². The highest BCUT2D eigenvalue weighted by atomic mass is 16.4. The second-order valence-electron chi connectivity index (χ2n) is 4.36. The summed E-state index contributed by atoms with van der Waals surface area (Å²) in [6.07, 6.45) is 0.443. The van der Waals surface area contributed by atoms with Gasteiger partial charge in [-0.3, -0.25) is 4.79 Å². The van der Waals surface area contributed by atoms with Crippen LogP contribution in [0.15, 0.2) is 48.5 Å². The zero-order valence-electron chi connectivity index (χ0n) is 11.1. The van der Waals surface area contributed by atoms with Gasteiger partial charge in [0.1, 0.15) is 0 Å². The second-order valence-corrected chi connectivity index (χ2v) is 4.36. The average Bonchev–Trinajstić information content (AvgIpc) is 2.48. The molecule has 0 saturated heterocycles. The minimum absolute atomic E-state index is 0.0245. The highest BCUT2D eigenvalue weighted by Crippen LogP contribution is 2.22. The molecule has 0 heterocycles. The Morgan fingerprint density at radius 2 is 1.45 bits per heavy atom. The molecule has 0 unspecified atom stereocenters. The molecule has 0 saturated carbocycles. The Morgan fingerprint density at radius 3 is 1.90 bits per heavy atom. The van der Waals surface area contributed by atoms with Crippen LogP contribution >= 0.6 is 0 Å². The van der Waals surface area contributed by atoms with E-state index in [1.54, 1.807) is 31.2 Å². The van der Waals surface area contributed by atoms with Crippen LogP contribution in [0.1, 0.15) is 23.7 Å². The molecule has 0 aromatic heterocycles. The van der Waals surface area contributed by atoms with E-state index in [2.05, 4.69) is 5.32 Å². The number of carboxylic acid groups (broad SMARTS) is 1. The molecule has 0 aliphatic heterocycles. The molecule has 0 bridgehead atoms. The van der Waals surface area contributed by atoms with E-state index >= 15 is 0 Å². The van der Waals surface area contributed by atoms with E-state index in [-0.39, 0.29) is 11.5 Å². The lowest BCUT2D eigenvalue weighted by molar-refractivity contribution is -0.115. The van der Waals surface area contributed by atoms with Gasteiger partial charge < -0.3 is 10.4 Å². The van der Waals surface area contributed by atoms with Gasteiger partial charge in [0.05, 0.1) is 5.56 Å². The number of hydrogen-bond acceptors (Lipinski definition) is 2. The molecule has 0 spiro atoms. The van der Waals surface area contributed by atoms with Crippen LogP contribution < -0.4 is 5.32 Å². The Kier molecular flexibility index (Phi) is 4.15. The van der Waals surface area contributed by atoms with Gasteiger partial charge >= 0.3 is 5.97 Å². The van der Waals surface area contributed by atoms with Crippen molar-refractivity contribution in [2.75, 3.05) is 5.32 Å². The number of anilines is 1. The minimum Gasteiger partial charge on any atom is -0.478 e. The molecule has 0 radical (unpaired) electrons. The monoisotopic (exact) mass is 269 g/mol. The Balaban J connectivity index is 2.17. The van der Waals surface area contributed by atoms with Gasteiger partial charge in [-0.25, -0.2) is 4.79 Å². The highest BCUT2D eigenvalue weighted by Gasteiger charge is 2.04. The molecular weight excluding hydrogens is 254 g/mol. The zero-order chi connectivity index (χ0) is 14.5. The van der Waals surface area contributed by atoms with Crippen LogP contribution in [0, 0.1) is 0 Å². The lowest BCUT2D eigenvalue weighted by Gasteiger charge is -2.06. The third-order valence-electron chi connectivity index (χ3n) is 2.95. The van der Waals surface area contributed by atoms with Gasteiger partial charge in [0.15, 0.2) is 0 Å². The fourth-order valence-corrected chi connectivity index (χ4v) is 1.80. The quantitative estimate of drug-likeness (QED) is 0.894. The van der Waals surface area contributed by atoms with Gasteiger partial charge in [0, 0.05) is 12.1 Å². The van der Waals surface area contributed by atoms with E-state index in [1.165, 1.54) is 0 Å². The maximum Gasteiger partial charge on any atom is 0.335 e. The third kappa shape index (κ3) is 3.23. The average molecular weight is 269 g/mol. The zero-order valence-corrected chi connectivity index (χ0v) is 11.1. The first kappa shape index (κ1) is 13.8. The highest BCUT2D eigenvalue weighted by molar-refractivity contribution is 5.91. The lowest BCUT2D eigenvalue weighted by atomic mass is 10.0. The summed E-state index contributed by atoms with van der Waals surface area (Å²) in [5.41, 5.74) is 2.92. The van der Waals surface area contributed by atoms with Crippen molar-refractivity contribution in [2.24, 2.45) is 0 Å². The summed E-state index contributed by atoms with van der Waals surface area (Å²) in [5.74, 6) is -0.960. The summed E-state index contributed by atoms with van der Waals surface area (Å²) in [4.78, 5) is 22.1. The SMILES string of the molecule is CCC(=O)Nc1ccc(-c2ccc(C(=O)O)cc2)cc1. The van der Waals surface area contributed by atoms with Gasteiger partial charge in [0.25, 0.3) is 0 Å². The topological polar surface area (TPSA) is 66.4 Å². The first-order valence-corrected chi connectivity index (χ1v) is 6.34. The summed E-state index contributed by atoms with van der Waals surface area (Å²) < 4.78 is 0. The minimum atomic E-state index is -0.936. The molecule has 102 valence electrons. The largest absolute Gasteiger partial charge is 0.478 e. The molecule has 20 heavy (non-hydrogen) atoms. The standard InChI is InChI=1S/C16H15NO3/c1-2-15(18)17-14-9-7-12(8-10-14)11-3-5-13(6-4-11)16(19)20/h3-10H,2H2,1H3,(H,17,18)(H,19,20). The van der Waals surface area contributed by atoms with Crippen molar-refractivity contribution in [1.82, 2.24) is 0 Å². The van der Waals surface area contributed by atoms with Gasteiger partial charge in [-0.15, -0.1) is 0 Å². The molecule has 2 N–H and O–H groups in total. The predicted octanol–water partition coefficient (Wildman–Crippen LogP) is 3.40. The van der Waals surface area contributed by atoms with Crippen molar-refractivity contribution < 1.29 is 14.7 Å². The van der Waals surface area contributed by atoms with E-state index in [9.17, 15) is 9.59 Å². The Hall–Kier alpha value is -2.62. The van der Waals surface area contributed by atoms with Crippen molar-refractivity contribution in [1.29, 1.82) is 0 Å². The number of amides is 1. The van der Waals surface area contributed by atoms with Crippen LogP contribution in [0.25, 0.3) is 11.1 Å². The van der Waals surface area contributed by atoms with Crippen molar-refractivity contribution in [2.45, 2.75) is 13.3 Å². The summed E-state index contributed by atoms with van der Waals surface area (Å²) in [7, 11) is 0. The van der Waals surface area contributed by atoms with Crippen LogP contribution in [0.2, 0.25) is 0 Å². The summed E-state index contributed by atoms with van der Waals surface area (Å²) in [6.45, 7) is 1.80. The molecule has 4 nitrogen and oxygen atoms in total. The lowest BCUT2D eigenvalue weighted by Crippen LogP contribution is -2.08. The normalized spacial score (nSPS) is 10.1. The van der Waals surface area contributed by atoms with Crippen LogP contribution in [0.5, 0.6) is 0 Å². The molecule has 4 heteroatoms. The predicted molar refractivity (Wildman–Crippen MR) is 77.8 cm³/mol. The summed E-state index contributed by atoms with van der Waals surface area (Å²) in [6, 6.07) is 14.1.